The molecule has 0 bridgehead atoms. The monoisotopic (exact) mass is 480 g/mol. The van der Waals surface area contributed by atoms with Crippen LogP contribution >= 0.6 is 11.3 Å². The van der Waals surface area contributed by atoms with E-state index in [9.17, 15) is 18.0 Å². The van der Waals surface area contributed by atoms with E-state index in [1.54, 1.807) is 16.0 Å². The second kappa shape index (κ2) is 9.82. The summed E-state index contributed by atoms with van der Waals surface area (Å²) in [7, 11) is -3.83. The summed E-state index contributed by atoms with van der Waals surface area (Å²) in [5.74, 6) is -1.11. The van der Waals surface area contributed by atoms with Crippen LogP contribution in [-0.2, 0) is 16.6 Å². The SMILES string of the molecule is O=C(NNC(=O)c1sccc1-n1cccc1)c1cccc(S(=O)(=O)NCc2ccccc2)c1. The average molecular weight is 481 g/mol. The first kappa shape index (κ1) is 22.5. The Bertz CT molecular complexity index is 1360. The Kier molecular flexibility index (Phi) is 6.68. The lowest BCUT2D eigenvalue weighted by molar-refractivity contribution is 0.0848. The van der Waals surface area contributed by atoms with Crippen molar-refractivity contribution in [3.63, 3.8) is 0 Å². The molecule has 0 aliphatic carbocycles. The van der Waals surface area contributed by atoms with Crippen LogP contribution in [-0.4, -0.2) is 24.8 Å². The molecule has 4 rings (SSSR count). The van der Waals surface area contributed by atoms with Crippen LogP contribution in [0.25, 0.3) is 5.69 Å². The van der Waals surface area contributed by atoms with Crippen LogP contribution in [0.15, 0.2) is 95.5 Å². The molecular formula is C23H20N4O4S2. The molecule has 0 atom stereocenters. The molecule has 2 aromatic heterocycles. The number of hydrazine groups is 1. The summed E-state index contributed by atoms with van der Waals surface area (Å²) >= 11 is 1.24. The Balaban J connectivity index is 1.41. The number of sulfonamides is 1. The van der Waals surface area contributed by atoms with Gasteiger partial charge in [-0.2, -0.15) is 0 Å². The lowest BCUT2D eigenvalue weighted by Crippen LogP contribution is -2.41. The Morgan fingerprint density at radius 3 is 2.33 bits per heavy atom. The van der Waals surface area contributed by atoms with Gasteiger partial charge in [-0.15, -0.1) is 11.3 Å². The van der Waals surface area contributed by atoms with Gasteiger partial charge < -0.3 is 4.57 Å². The van der Waals surface area contributed by atoms with Crippen molar-refractivity contribution in [1.29, 1.82) is 0 Å². The zero-order valence-electron chi connectivity index (χ0n) is 17.3. The lowest BCUT2D eigenvalue weighted by Gasteiger charge is -2.10. The van der Waals surface area contributed by atoms with Gasteiger partial charge in [0.15, 0.2) is 0 Å². The van der Waals surface area contributed by atoms with E-state index in [1.807, 2.05) is 54.9 Å². The highest BCUT2D eigenvalue weighted by Gasteiger charge is 2.18. The van der Waals surface area contributed by atoms with Crippen LogP contribution in [0.5, 0.6) is 0 Å². The van der Waals surface area contributed by atoms with Crippen LogP contribution < -0.4 is 15.6 Å². The molecule has 2 heterocycles. The van der Waals surface area contributed by atoms with Crippen molar-refractivity contribution >= 4 is 33.2 Å². The molecule has 0 unspecified atom stereocenters. The van der Waals surface area contributed by atoms with Gasteiger partial charge in [0.05, 0.1) is 10.6 Å². The topological polar surface area (TPSA) is 109 Å². The maximum atomic E-state index is 12.6. The number of benzene rings is 2. The Morgan fingerprint density at radius 2 is 1.58 bits per heavy atom. The zero-order valence-corrected chi connectivity index (χ0v) is 18.9. The van der Waals surface area contributed by atoms with Gasteiger partial charge in [-0.3, -0.25) is 20.4 Å². The average Bonchev–Trinajstić information content (AvgIpc) is 3.54. The fraction of sp³-hybridized carbons (Fsp3) is 0.0435. The summed E-state index contributed by atoms with van der Waals surface area (Å²) in [6.07, 6.45) is 3.63. The molecule has 0 aliphatic rings. The lowest BCUT2D eigenvalue weighted by atomic mass is 10.2. The maximum absolute atomic E-state index is 12.6. The first-order valence-corrected chi connectivity index (χ1v) is 12.3. The zero-order chi connectivity index (χ0) is 23.3. The molecule has 4 aromatic rings. The van der Waals surface area contributed by atoms with Gasteiger partial charge in [0.2, 0.25) is 10.0 Å². The largest absolute Gasteiger partial charge is 0.322 e. The van der Waals surface area contributed by atoms with Gasteiger partial charge in [0, 0.05) is 24.5 Å². The Hall–Kier alpha value is -3.73. The van der Waals surface area contributed by atoms with Crippen LogP contribution in [0.4, 0.5) is 0 Å². The number of amides is 2. The molecule has 168 valence electrons. The van der Waals surface area contributed by atoms with Crippen molar-refractivity contribution < 1.29 is 18.0 Å². The molecule has 33 heavy (non-hydrogen) atoms. The normalized spacial score (nSPS) is 11.2. The van der Waals surface area contributed by atoms with Crippen LogP contribution in [0, 0.1) is 0 Å². The number of hydrogen-bond acceptors (Lipinski definition) is 5. The standard InChI is InChI=1S/C23H20N4O4S2/c28-22(25-26-23(29)21-20(11-14-32-21)27-12-4-5-13-27)18-9-6-10-19(15-18)33(30,31)24-16-17-7-2-1-3-8-17/h1-15,24H,16H2,(H,25,28)(H,26,29). The smallest absolute Gasteiger partial charge is 0.281 e. The third-order valence-electron chi connectivity index (χ3n) is 4.74. The van der Waals surface area contributed by atoms with E-state index in [0.29, 0.717) is 10.6 Å². The van der Waals surface area contributed by atoms with Gasteiger partial charge in [0.1, 0.15) is 4.88 Å². The first-order chi connectivity index (χ1) is 15.9. The third-order valence-corrected chi connectivity index (χ3v) is 7.04. The minimum absolute atomic E-state index is 0.0504. The van der Waals surface area contributed by atoms with Crippen LogP contribution in [0.3, 0.4) is 0 Å². The first-order valence-electron chi connectivity index (χ1n) is 9.89. The van der Waals surface area contributed by atoms with Crippen molar-refractivity contribution in [3.8, 4) is 5.69 Å². The highest BCUT2D eigenvalue weighted by molar-refractivity contribution is 7.89. The van der Waals surface area contributed by atoms with E-state index >= 15 is 0 Å². The van der Waals surface area contributed by atoms with E-state index in [0.717, 1.165) is 5.56 Å². The number of carbonyl (C=O) groups excluding carboxylic acids is 2. The second-order valence-electron chi connectivity index (χ2n) is 6.97. The molecule has 3 N–H and O–H groups in total. The van der Waals surface area contributed by atoms with Gasteiger partial charge >= 0.3 is 0 Å². The van der Waals surface area contributed by atoms with Gasteiger partial charge in [-0.1, -0.05) is 36.4 Å². The highest BCUT2D eigenvalue weighted by Crippen LogP contribution is 2.21. The predicted octanol–water partition coefficient (Wildman–Crippen LogP) is 3.09. The van der Waals surface area contributed by atoms with E-state index in [2.05, 4.69) is 15.6 Å². The molecule has 0 spiro atoms. The molecule has 0 radical (unpaired) electrons. The molecule has 0 saturated carbocycles. The van der Waals surface area contributed by atoms with Crippen molar-refractivity contribution in [1.82, 2.24) is 20.1 Å². The van der Waals surface area contributed by atoms with Gasteiger partial charge in [-0.25, -0.2) is 13.1 Å². The van der Waals surface area contributed by atoms with E-state index in [1.165, 1.54) is 35.6 Å². The minimum Gasteiger partial charge on any atom is -0.322 e. The van der Waals surface area contributed by atoms with Crippen molar-refractivity contribution in [2.75, 3.05) is 0 Å². The van der Waals surface area contributed by atoms with Crippen LogP contribution in [0.1, 0.15) is 25.6 Å². The van der Waals surface area contributed by atoms with E-state index < -0.39 is 21.8 Å². The summed E-state index contributed by atoms with van der Waals surface area (Å²) in [4.78, 5) is 25.5. The third kappa shape index (κ3) is 5.37. The number of hydrogen-bond donors (Lipinski definition) is 3. The number of rotatable bonds is 7. The molecule has 0 aliphatic heterocycles. The quantitative estimate of drug-likeness (QED) is 0.353. The summed E-state index contributed by atoms with van der Waals surface area (Å²) in [5, 5.41) is 1.78. The number of nitrogens with zero attached hydrogens (tertiary/aromatic N) is 1. The summed E-state index contributed by atoms with van der Waals surface area (Å²) in [6.45, 7) is 0.125. The van der Waals surface area contributed by atoms with Crippen molar-refractivity contribution in [2.24, 2.45) is 0 Å². The highest BCUT2D eigenvalue weighted by atomic mass is 32.2. The van der Waals surface area contributed by atoms with E-state index in [-0.39, 0.29) is 17.0 Å². The summed E-state index contributed by atoms with van der Waals surface area (Å²) in [6, 6.07) is 20.2. The van der Waals surface area contributed by atoms with Crippen LogP contribution in [0.2, 0.25) is 0 Å². The van der Waals surface area contributed by atoms with Crippen molar-refractivity contribution in [2.45, 2.75) is 11.4 Å². The summed E-state index contributed by atoms with van der Waals surface area (Å²) in [5.41, 5.74) is 6.32. The number of thiophene rings is 1. The molecule has 0 saturated heterocycles. The molecule has 8 nitrogen and oxygen atoms in total. The van der Waals surface area contributed by atoms with Gasteiger partial charge in [0.25, 0.3) is 11.8 Å². The fourth-order valence-corrected chi connectivity index (χ4v) is 4.92. The predicted molar refractivity (Wildman–Crippen MR) is 125 cm³/mol. The Labute approximate surface area is 194 Å². The molecule has 2 aromatic carbocycles. The minimum atomic E-state index is -3.83. The molecule has 2 amide bonds. The molecule has 0 fully saturated rings. The number of aromatic nitrogens is 1. The van der Waals surface area contributed by atoms with E-state index in [4.69, 9.17) is 0 Å². The maximum Gasteiger partial charge on any atom is 0.281 e. The fourth-order valence-electron chi connectivity index (χ4n) is 3.08. The molecular weight excluding hydrogens is 460 g/mol. The summed E-state index contributed by atoms with van der Waals surface area (Å²) < 4.78 is 29.6. The molecule has 10 heteroatoms. The number of carbonyl (C=O) groups is 2. The number of nitrogens with one attached hydrogen (secondary N) is 3. The van der Waals surface area contributed by atoms with Gasteiger partial charge in [-0.05, 0) is 47.3 Å². The Morgan fingerprint density at radius 1 is 0.848 bits per heavy atom. The van der Waals surface area contributed by atoms with Crippen molar-refractivity contribution in [3.05, 3.63) is 107 Å². The second-order valence-corrected chi connectivity index (χ2v) is 9.65.